The Labute approximate surface area is 220 Å². The molecule has 176 valence electrons. The maximum atomic E-state index is 13.6. The number of anilines is 1. The molecule has 0 saturated heterocycles. The Bertz CT molecular complexity index is 1410. The molecule has 0 unspecified atom stereocenters. The Balaban J connectivity index is 1.71. The van der Waals surface area contributed by atoms with Gasteiger partial charge in [0, 0.05) is 25.6 Å². The molecule has 5 nitrogen and oxygen atoms in total. The fourth-order valence-electron chi connectivity index (χ4n) is 3.54. The van der Waals surface area contributed by atoms with Crippen LogP contribution in [0.2, 0.25) is 15.1 Å². The Morgan fingerprint density at radius 2 is 1.76 bits per heavy atom. The first-order valence-corrected chi connectivity index (χ1v) is 13.4. The lowest BCUT2D eigenvalue weighted by Crippen LogP contribution is -2.22. The lowest BCUT2D eigenvalue weighted by Gasteiger charge is -2.13. The van der Waals surface area contributed by atoms with Crippen LogP contribution in [-0.4, -0.2) is 21.2 Å². The summed E-state index contributed by atoms with van der Waals surface area (Å²) in [7, 11) is 0. The molecule has 0 fully saturated rings. The largest absolute Gasteiger partial charge is 0.325 e. The van der Waals surface area contributed by atoms with Crippen LogP contribution in [-0.2, 0) is 11.2 Å². The van der Waals surface area contributed by atoms with E-state index < -0.39 is 0 Å². The first-order valence-electron chi connectivity index (χ1n) is 10.5. The van der Waals surface area contributed by atoms with E-state index >= 15 is 0 Å². The van der Waals surface area contributed by atoms with E-state index in [4.69, 9.17) is 39.8 Å². The molecular formula is C24H20Cl3N3O2S2. The van der Waals surface area contributed by atoms with E-state index in [0.717, 1.165) is 23.3 Å². The summed E-state index contributed by atoms with van der Waals surface area (Å²) in [4.78, 5) is 32.9. The molecule has 0 bridgehead atoms. The van der Waals surface area contributed by atoms with E-state index in [1.807, 2.05) is 6.92 Å². The minimum absolute atomic E-state index is 0.0435. The molecule has 0 aliphatic rings. The number of rotatable bonds is 7. The summed E-state index contributed by atoms with van der Waals surface area (Å²) in [6.45, 7) is 4.08. The van der Waals surface area contributed by atoms with Crippen molar-refractivity contribution in [2.45, 2.75) is 31.8 Å². The highest BCUT2D eigenvalue weighted by molar-refractivity contribution is 7.99. The molecule has 2 heterocycles. The number of hydrogen-bond donors (Lipinski definition) is 1. The van der Waals surface area contributed by atoms with Crippen LogP contribution in [0.25, 0.3) is 15.9 Å². The predicted octanol–water partition coefficient (Wildman–Crippen LogP) is 7.40. The molecule has 4 aromatic rings. The summed E-state index contributed by atoms with van der Waals surface area (Å²) in [6.07, 6.45) is 1.87. The standard InChI is InChI=1S/C24H20Cl3N3O2S2/c1-3-4-19-13(2)21-22(34-19)29-24(30(23(21)32)18-7-5-14(25)6-8-18)33-12-20(31)28-17-10-15(26)9-16(27)11-17/h5-11H,3-4,12H2,1-2H3,(H,28,31). The van der Waals surface area contributed by atoms with Crippen molar-refractivity contribution in [3.8, 4) is 5.69 Å². The Morgan fingerprint density at radius 1 is 1.09 bits per heavy atom. The summed E-state index contributed by atoms with van der Waals surface area (Å²) in [5, 5.41) is 5.25. The van der Waals surface area contributed by atoms with E-state index in [-0.39, 0.29) is 17.2 Å². The summed E-state index contributed by atoms with van der Waals surface area (Å²) in [5.74, 6) is -0.226. The molecule has 0 aliphatic heterocycles. The third-order valence-electron chi connectivity index (χ3n) is 5.07. The number of benzene rings is 2. The van der Waals surface area contributed by atoms with Gasteiger partial charge in [-0.1, -0.05) is 59.9 Å². The number of halogens is 3. The maximum absolute atomic E-state index is 13.6. The van der Waals surface area contributed by atoms with Gasteiger partial charge >= 0.3 is 0 Å². The van der Waals surface area contributed by atoms with Crippen molar-refractivity contribution in [3.63, 3.8) is 0 Å². The maximum Gasteiger partial charge on any atom is 0.267 e. The van der Waals surface area contributed by atoms with Crippen molar-refractivity contribution in [2.24, 2.45) is 0 Å². The smallest absolute Gasteiger partial charge is 0.267 e. The van der Waals surface area contributed by atoms with Gasteiger partial charge in [-0.15, -0.1) is 11.3 Å². The molecule has 1 amide bonds. The highest BCUT2D eigenvalue weighted by Crippen LogP contribution is 2.31. The lowest BCUT2D eigenvalue weighted by atomic mass is 10.1. The van der Waals surface area contributed by atoms with Crippen molar-refractivity contribution in [3.05, 3.63) is 78.3 Å². The fraction of sp³-hybridized carbons (Fsp3) is 0.208. The summed E-state index contributed by atoms with van der Waals surface area (Å²) in [5.41, 5.74) is 1.94. The van der Waals surface area contributed by atoms with Crippen LogP contribution in [0.5, 0.6) is 0 Å². The molecule has 10 heteroatoms. The topological polar surface area (TPSA) is 64.0 Å². The van der Waals surface area contributed by atoms with Crippen LogP contribution >= 0.6 is 57.9 Å². The van der Waals surface area contributed by atoms with Gasteiger partial charge in [-0.05, 0) is 61.4 Å². The lowest BCUT2D eigenvalue weighted by molar-refractivity contribution is -0.113. The number of carbonyl (C=O) groups is 1. The minimum atomic E-state index is -0.269. The van der Waals surface area contributed by atoms with Gasteiger partial charge in [0.1, 0.15) is 4.83 Å². The second kappa shape index (κ2) is 10.7. The van der Waals surface area contributed by atoms with Gasteiger partial charge in [-0.2, -0.15) is 0 Å². The molecular weight excluding hydrogens is 533 g/mol. The Hall–Kier alpha value is -2.03. The molecule has 2 aromatic heterocycles. The Kier molecular flexibility index (Phi) is 7.90. The molecule has 0 radical (unpaired) electrons. The van der Waals surface area contributed by atoms with Gasteiger partial charge in [-0.3, -0.25) is 14.2 Å². The highest BCUT2D eigenvalue weighted by atomic mass is 35.5. The zero-order chi connectivity index (χ0) is 24.4. The third-order valence-corrected chi connectivity index (χ3v) is 7.95. The quantitative estimate of drug-likeness (QED) is 0.192. The van der Waals surface area contributed by atoms with Gasteiger partial charge < -0.3 is 5.32 Å². The van der Waals surface area contributed by atoms with Gasteiger partial charge in [0.05, 0.1) is 16.8 Å². The number of fused-ring (bicyclic) bond motifs is 1. The normalized spacial score (nSPS) is 11.2. The summed E-state index contributed by atoms with van der Waals surface area (Å²) in [6, 6.07) is 11.8. The van der Waals surface area contributed by atoms with E-state index in [9.17, 15) is 9.59 Å². The monoisotopic (exact) mass is 551 g/mol. The van der Waals surface area contributed by atoms with Gasteiger partial charge in [0.2, 0.25) is 5.91 Å². The second-order valence-corrected chi connectivity index (χ2v) is 10.9. The molecule has 4 rings (SSSR count). The van der Waals surface area contributed by atoms with Crippen LogP contribution in [0.4, 0.5) is 5.69 Å². The summed E-state index contributed by atoms with van der Waals surface area (Å²) < 4.78 is 1.54. The van der Waals surface area contributed by atoms with Crippen molar-refractivity contribution in [1.29, 1.82) is 0 Å². The van der Waals surface area contributed by atoms with Crippen molar-refractivity contribution >= 4 is 79.7 Å². The van der Waals surface area contributed by atoms with Crippen molar-refractivity contribution < 1.29 is 4.79 Å². The minimum Gasteiger partial charge on any atom is -0.325 e. The van der Waals surface area contributed by atoms with Gasteiger partial charge in [0.25, 0.3) is 5.56 Å². The number of aromatic nitrogens is 2. The highest BCUT2D eigenvalue weighted by Gasteiger charge is 2.20. The third kappa shape index (κ3) is 5.44. The molecule has 1 N–H and O–H groups in total. The first-order chi connectivity index (χ1) is 16.3. The number of hydrogen-bond acceptors (Lipinski definition) is 5. The van der Waals surface area contributed by atoms with E-state index in [2.05, 4.69) is 12.2 Å². The zero-order valence-electron chi connectivity index (χ0n) is 18.3. The number of thiophene rings is 1. The van der Waals surface area contributed by atoms with Crippen molar-refractivity contribution in [1.82, 2.24) is 9.55 Å². The number of aryl methyl sites for hydroxylation is 2. The first kappa shape index (κ1) is 25.1. The second-order valence-electron chi connectivity index (χ2n) is 7.59. The average molecular weight is 553 g/mol. The zero-order valence-corrected chi connectivity index (χ0v) is 22.2. The Morgan fingerprint density at radius 3 is 2.41 bits per heavy atom. The van der Waals surface area contributed by atoms with Crippen LogP contribution in [0.15, 0.2) is 52.4 Å². The number of amides is 1. The molecule has 0 spiro atoms. The van der Waals surface area contributed by atoms with Crippen LogP contribution in [0.1, 0.15) is 23.8 Å². The van der Waals surface area contributed by atoms with Crippen LogP contribution < -0.4 is 10.9 Å². The molecule has 34 heavy (non-hydrogen) atoms. The van der Waals surface area contributed by atoms with E-state index in [1.165, 1.54) is 23.1 Å². The molecule has 2 aromatic carbocycles. The number of thioether (sulfide) groups is 1. The van der Waals surface area contributed by atoms with E-state index in [1.54, 1.807) is 47.0 Å². The SMILES string of the molecule is CCCc1sc2nc(SCC(=O)Nc3cc(Cl)cc(Cl)c3)n(-c3ccc(Cl)cc3)c(=O)c2c1C. The van der Waals surface area contributed by atoms with Gasteiger partial charge in [-0.25, -0.2) is 4.98 Å². The number of nitrogens with zero attached hydrogens (tertiary/aromatic N) is 2. The van der Waals surface area contributed by atoms with Crippen LogP contribution in [0.3, 0.4) is 0 Å². The number of carbonyl (C=O) groups excluding carboxylic acids is 1. The molecule has 0 aliphatic carbocycles. The summed E-state index contributed by atoms with van der Waals surface area (Å²) >= 11 is 20.8. The molecule has 0 atom stereocenters. The van der Waals surface area contributed by atoms with E-state index in [0.29, 0.717) is 41.8 Å². The fourth-order valence-corrected chi connectivity index (χ4v) is 6.33. The average Bonchev–Trinajstić information content (AvgIpc) is 3.08. The van der Waals surface area contributed by atoms with Gasteiger partial charge in [0.15, 0.2) is 5.16 Å². The van der Waals surface area contributed by atoms with Crippen LogP contribution in [0, 0.1) is 6.92 Å². The predicted molar refractivity (Wildman–Crippen MR) is 145 cm³/mol. The number of nitrogens with one attached hydrogen (secondary N) is 1. The molecule has 0 saturated carbocycles. The van der Waals surface area contributed by atoms with Crippen molar-refractivity contribution in [2.75, 3.05) is 11.1 Å².